The summed E-state index contributed by atoms with van der Waals surface area (Å²) in [5.74, 6) is 1.13. The summed E-state index contributed by atoms with van der Waals surface area (Å²) < 4.78 is 0. The molecule has 3 aliphatic heterocycles. The van der Waals surface area contributed by atoms with Gasteiger partial charge in [0.1, 0.15) is 5.75 Å². The van der Waals surface area contributed by atoms with Crippen LogP contribution in [0.3, 0.4) is 0 Å². The molecule has 1 saturated carbocycles. The number of phenols is 1. The van der Waals surface area contributed by atoms with E-state index < -0.39 is 0 Å². The zero-order valence-corrected chi connectivity index (χ0v) is 14.6. The van der Waals surface area contributed by atoms with E-state index in [1.165, 1.54) is 19.3 Å². The normalized spacial score (nSPS) is 26.5. The third-order valence-corrected chi connectivity index (χ3v) is 6.09. The summed E-state index contributed by atoms with van der Waals surface area (Å²) in [5, 5.41) is 9.58. The van der Waals surface area contributed by atoms with Crippen molar-refractivity contribution in [3.05, 3.63) is 29.8 Å². The first-order valence-corrected chi connectivity index (χ1v) is 9.46. The molecule has 5 rings (SSSR count). The van der Waals surface area contributed by atoms with Crippen LogP contribution in [-0.2, 0) is 16.0 Å². The van der Waals surface area contributed by atoms with Crippen molar-refractivity contribution in [2.45, 2.75) is 44.6 Å². The molecule has 1 aliphatic carbocycles. The van der Waals surface area contributed by atoms with Crippen molar-refractivity contribution < 1.29 is 14.7 Å². The number of piperidine rings is 1. The summed E-state index contributed by atoms with van der Waals surface area (Å²) in [6, 6.07) is 7.04. The predicted octanol–water partition coefficient (Wildman–Crippen LogP) is 2.18. The van der Waals surface area contributed by atoms with Crippen molar-refractivity contribution >= 4 is 11.8 Å². The molecule has 0 radical (unpaired) electrons. The Morgan fingerprint density at radius 2 is 2.00 bits per heavy atom. The van der Waals surface area contributed by atoms with Crippen LogP contribution in [0, 0.1) is 11.8 Å². The molecule has 2 amide bonds. The number of rotatable bonds is 4. The van der Waals surface area contributed by atoms with Gasteiger partial charge in [-0.05, 0) is 49.3 Å². The molecule has 2 atom stereocenters. The van der Waals surface area contributed by atoms with Crippen LogP contribution in [0.4, 0.5) is 0 Å². The van der Waals surface area contributed by atoms with Crippen molar-refractivity contribution in [3.63, 3.8) is 0 Å². The topological polar surface area (TPSA) is 60.9 Å². The van der Waals surface area contributed by atoms with E-state index in [-0.39, 0.29) is 35.9 Å². The van der Waals surface area contributed by atoms with Gasteiger partial charge < -0.3 is 14.9 Å². The lowest BCUT2D eigenvalue weighted by Crippen LogP contribution is -2.50. The van der Waals surface area contributed by atoms with Crippen molar-refractivity contribution in [2.75, 3.05) is 19.6 Å². The van der Waals surface area contributed by atoms with Crippen molar-refractivity contribution in [2.24, 2.45) is 11.8 Å². The minimum absolute atomic E-state index is 0.0352. The molecule has 0 unspecified atom stereocenters. The highest BCUT2D eigenvalue weighted by Gasteiger charge is 2.42. The summed E-state index contributed by atoms with van der Waals surface area (Å²) in [5.41, 5.74) is 0.819. The average molecular weight is 342 g/mol. The fourth-order valence-electron chi connectivity index (χ4n) is 4.39. The summed E-state index contributed by atoms with van der Waals surface area (Å²) in [7, 11) is 0. The standard InChI is InChI=1S/C20H26N2O3/c23-18-6-2-5-15(9-18)10-19(24)21-12-16-7-8-17(13-21)22(20(16)25)11-14-3-1-4-14/h2,5-6,9,14,16-17,23H,1,3-4,7-8,10-13H2/t16-,17+/m0/s1. The fraction of sp³-hybridized carbons (Fsp3) is 0.600. The van der Waals surface area contributed by atoms with Crippen molar-refractivity contribution in [1.82, 2.24) is 9.80 Å². The number of phenolic OH excluding ortho intramolecular Hbond substituents is 1. The number of fused-ring (bicyclic) bond motifs is 4. The Kier molecular flexibility index (Phi) is 4.40. The maximum Gasteiger partial charge on any atom is 0.227 e. The number of amides is 2. The quantitative estimate of drug-likeness (QED) is 0.912. The van der Waals surface area contributed by atoms with Crippen LogP contribution in [-0.4, -0.2) is 52.4 Å². The first-order chi connectivity index (χ1) is 12.1. The fourth-order valence-corrected chi connectivity index (χ4v) is 4.39. The first-order valence-electron chi connectivity index (χ1n) is 9.46. The number of hydrogen-bond acceptors (Lipinski definition) is 3. The van der Waals surface area contributed by atoms with Crippen molar-refractivity contribution in [3.8, 4) is 5.75 Å². The minimum Gasteiger partial charge on any atom is -0.508 e. The first kappa shape index (κ1) is 16.4. The maximum atomic E-state index is 12.8. The molecule has 4 fully saturated rings. The third kappa shape index (κ3) is 3.37. The smallest absolute Gasteiger partial charge is 0.227 e. The number of carbonyl (C=O) groups is 2. The Balaban J connectivity index is 1.45. The lowest BCUT2D eigenvalue weighted by atomic mass is 9.83. The number of carbonyl (C=O) groups excluding carboxylic acids is 2. The van der Waals surface area contributed by atoms with Gasteiger partial charge in [-0.25, -0.2) is 0 Å². The van der Waals surface area contributed by atoms with Crippen LogP contribution >= 0.6 is 0 Å². The molecule has 0 aromatic heterocycles. The van der Waals surface area contributed by atoms with Gasteiger partial charge >= 0.3 is 0 Å². The maximum absolute atomic E-state index is 12.8. The molecule has 0 spiro atoms. The monoisotopic (exact) mass is 342 g/mol. The summed E-state index contributed by atoms with van der Waals surface area (Å²) in [4.78, 5) is 29.5. The number of hydrogen-bond donors (Lipinski definition) is 1. The molecule has 3 saturated heterocycles. The van der Waals surface area contributed by atoms with Crippen LogP contribution in [0.15, 0.2) is 24.3 Å². The third-order valence-electron chi connectivity index (χ3n) is 6.09. The molecule has 25 heavy (non-hydrogen) atoms. The Labute approximate surface area is 148 Å². The van der Waals surface area contributed by atoms with E-state index >= 15 is 0 Å². The van der Waals surface area contributed by atoms with Gasteiger partial charge in [0.2, 0.25) is 11.8 Å². The highest BCUT2D eigenvalue weighted by atomic mass is 16.3. The molecule has 1 aromatic carbocycles. The molecule has 134 valence electrons. The van der Waals surface area contributed by atoms with Gasteiger partial charge in [-0.1, -0.05) is 18.6 Å². The van der Waals surface area contributed by atoms with E-state index in [1.807, 2.05) is 11.0 Å². The average Bonchev–Trinajstić information content (AvgIpc) is 2.83. The molecule has 2 bridgehead atoms. The Bertz CT molecular complexity index is 671. The van der Waals surface area contributed by atoms with E-state index in [0.29, 0.717) is 19.0 Å². The van der Waals surface area contributed by atoms with Crippen LogP contribution < -0.4 is 0 Å². The van der Waals surface area contributed by atoms with Crippen LogP contribution in [0.1, 0.15) is 37.7 Å². The van der Waals surface area contributed by atoms with Crippen LogP contribution in [0.25, 0.3) is 0 Å². The highest BCUT2D eigenvalue weighted by molar-refractivity contribution is 5.84. The molecule has 5 heteroatoms. The Morgan fingerprint density at radius 3 is 2.72 bits per heavy atom. The Morgan fingerprint density at radius 1 is 1.16 bits per heavy atom. The molecule has 3 heterocycles. The molecular formula is C20H26N2O3. The van der Waals surface area contributed by atoms with E-state index in [9.17, 15) is 14.7 Å². The van der Waals surface area contributed by atoms with Gasteiger partial charge in [0, 0.05) is 25.7 Å². The second-order valence-corrected chi connectivity index (χ2v) is 7.86. The molecule has 4 aliphatic rings. The second kappa shape index (κ2) is 6.70. The number of benzene rings is 1. The van der Waals surface area contributed by atoms with Gasteiger partial charge in [0.15, 0.2) is 0 Å². The number of nitrogens with zero attached hydrogens (tertiary/aromatic N) is 2. The van der Waals surface area contributed by atoms with Gasteiger partial charge in [-0.2, -0.15) is 0 Å². The van der Waals surface area contributed by atoms with E-state index in [2.05, 4.69) is 4.90 Å². The van der Waals surface area contributed by atoms with Gasteiger partial charge in [0.05, 0.1) is 12.3 Å². The van der Waals surface area contributed by atoms with Gasteiger partial charge in [-0.3, -0.25) is 9.59 Å². The van der Waals surface area contributed by atoms with E-state index in [4.69, 9.17) is 0 Å². The number of aromatic hydroxyl groups is 1. The van der Waals surface area contributed by atoms with Crippen molar-refractivity contribution in [1.29, 1.82) is 0 Å². The molecule has 1 aromatic rings. The second-order valence-electron chi connectivity index (χ2n) is 7.86. The summed E-state index contributed by atoms with van der Waals surface area (Å²) in [6.45, 7) is 2.09. The van der Waals surface area contributed by atoms with Gasteiger partial charge in [-0.15, -0.1) is 0 Å². The lowest BCUT2D eigenvalue weighted by molar-refractivity contribution is -0.141. The highest BCUT2D eigenvalue weighted by Crippen LogP contribution is 2.34. The summed E-state index contributed by atoms with van der Waals surface area (Å²) in [6.07, 6.45) is 5.96. The minimum atomic E-state index is -0.0352. The zero-order valence-electron chi connectivity index (χ0n) is 14.6. The van der Waals surface area contributed by atoms with E-state index in [0.717, 1.165) is 24.9 Å². The van der Waals surface area contributed by atoms with E-state index in [1.54, 1.807) is 18.2 Å². The predicted molar refractivity (Wildman–Crippen MR) is 94.0 cm³/mol. The van der Waals surface area contributed by atoms with Crippen LogP contribution in [0.5, 0.6) is 5.75 Å². The zero-order chi connectivity index (χ0) is 17.4. The SMILES string of the molecule is O=C(Cc1cccc(O)c1)N1C[C@@H]2CC[C@H](C1)N(CC1CCC1)C2=O. The molecular weight excluding hydrogens is 316 g/mol. The lowest BCUT2D eigenvalue weighted by Gasteiger charge is -2.40. The largest absolute Gasteiger partial charge is 0.508 e. The molecule has 1 N–H and O–H groups in total. The van der Waals surface area contributed by atoms with Crippen LogP contribution in [0.2, 0.25) is 0 Å². The molecule has 5 nitrogen and oxygen atoms in total. The van der Waals surface area contributed by atoms with Gasteiger partial charge in [0.25, 0.3) is 0 Å². The summed E-state index contributed by atoms with van der Waals surface area (Å²) >= 11 is 0. The Hall–Kier alpha value is -2.04.